The molecule has 0 saturated carbocycles. The number of carbonyl (C=O) groups is 1. The Hall–Kier alpha value is -2.88. The number of aldehydes is 1. The van der Waals surface area contributed by atoms with Gasteiger partial charge in [0.05, 0.1) is 0 Å². The van der Waals surface area contributed by atoms with Crippen LogP contribution in [-0.2, 0) is 6.61 Å². The van der Waals surface area contributed by atoms with Crippen LogP contribution in [0.2, 0.25) is 0 Å². The molecule has 23 heavy (non-hydrogen) atoms. The highest BCUT2D eigenvalue weighted by atomic mass is 16.5. The Morgan fingerprint density at radius 1 is 1.17 bits per heavy atom. The first-order valence-electron chi connectivity index (χ1n) is 7.45. The van der Waals surface area contributed by atoms with Crippen LogP contribution in [-0.4, -0.2) is 15.8 Å². The van der Waals surface area contributed by atoms with Crippen molar-refractivity contribution in [3.63, 3.8) is 0 Å². The monoisotopic (exact) mass is 306 g/mol. The molecule has 0 fully saturated rings. The predicted molar refractivity (Wildman–Crippen MR) is 89.2 cm³/mol. The van der Waals surface area contributed by atoms with Crippen molar-refractivity contribution in [1.29, 1.82) is 0 Å². The maximum Gasteiger partial charge on any atom is 0.151 e. The molecule has 0 unspecified atom stereocenters. The van der Waals surface area contributed by atoms with Crippen molar-refractivity contribution in [2.45, 2.75) is 20.5 Å². The largest absolute Gasteiger partial charge is 0.489 e. The average Bonchev–Trinajstić information content (AvgIpc) is 2.88. The van der Waals surface area contributed by atoms with Gasteiger partial charge in [0, 0.05) is 40.6 Å². The highest BCUT2D eigenvalue weighted by Gasteiger charge is 2.10. The molecule has 0 spiro atoms. The summed E-state index contributed by atoms with van der Waals surface area (Å²) >= 11 is 0. The molecule has 3 aromatic rings. The zero-order valence-electron chi connectivity index (χ0n) is 13.2. The zero-order chi connectivity index (χ0) is 16.2. The van der Waals surface area contributed by atoms with Crippen LogP contribution in [0.3, 0.4) is 0 Å². The Morgan fingerprint density at radius 2 is 1.96 bits per heavy atom. The lowest BCUT2D eigenvalue weighted by Gasteiger charge is -2.11. The molecule has 4 heteroatoms. The number of pyridine rings is 1. The number of ether oxygens (including phenoxy) is 1. The van der Waals surface area contributed by atoms with Crippen LogP contribution in [0.4, 0.5) is 0 Å². The normalized spacial score (nSPS) is 10.5. The standard InChI is InChI=1S/C19H18N2O2/c1-14-10-17(12-22)15(2)21(14)18-5-7-19(8-6-18)23-13-16-4-3-9-20-11-16/h3-12H,13H2,1-2H3. The lowest BCUT2D eigenvalue weighted by Crippen LogP contribution is -2.00. The summed E-state index contributed by atoms with van der Waals surface area (Å²) in [5.41, 5.74) is 4.75. The average molecular weight is 306 g/mol. The molecule has 0 atom stereocenters. The van der Waals surface area contributed by atoms with Crippen molar-refractivity contribution < 1.29 is 9.53 Å². The van der Waals surface area contributed by atoms with Crippen LogP contribution in [0, 0.1) is 13.8 Å². The van der Waals surface area contributed by atoms with Crippen LogP contribution in [0.1, 0.15) is 27.3 Å². The van der Waals surface area contributed by atoms with Gasteiger partial charge < -0.3 is 9.30 Å². The summed E-state index contributed by atoms with van der Waals surface area (Å²) in [6.07, 6.45) is 4.43. The molecule has 0 bridgehead atoms. The van der Waals surface area contributed by atoms with Gasteiger partial charge in [0.2, 0.25) is 0 Å². The molecule has 1 aromatic carbocycles. The first kappa shape index (κ1) is 15.0. The van der Waals surface area contributed by atoms with Crippen molar-refractivity contribution in [3.8, 4) is 11.4 Å². The predicted octanol–water partition coefficient (Wildman–Crippen LogP) is 3.88. The van der Waals surface area contributed by atoms with Gasteiger partial charge in [-0.1, -0.05) is 6.07 Å². The van der Waals surface area contributed by atoms with Gasteiger partial charge in [0.15, 0.2) is 6.29 Å². The fourth-order valence-corrected chi connectivity index (χ4v) is 2.65. The lowest BCUT2D eigenvalue weighted by atomic mass is 10.2. The van der Waals surface area contributed by atoms with Crippen LogP contribution < -0.4 is 4.74 Å². The SMILES string of the molecule is Cc1cc(C=O)c(C)n1-c1ccc(OCc2cccnc2)cc1. The molecule has 0 saturated heterocycles. The fraction of sp³-hybridized carbons (Fsp3) is 0.158. The van der Waals surface area contributed by atoms with Crippen molar-refractivity contribution in [2.24, 2.45) is 0 Å². The molecule has 116 valence electrons. The third kappa shape index (κ3) is 3.16. The maximum absolute atomic E-state index is 11.1. The summed E-state index contributed by atoms with van der Waals surface area (Å²) in [6, 6.07) is 13.6. The summed E-state index contributed by atoms with van der Waals surface area (Å²) in [6.45, 7) is 4.43. The smallest absolute Gasteiger partial charge is 0.151 e. The summed E-state index contributed by atoms with van der Waals surface area (Å²) in [5.74, 6) is 0.802. The minimum atomic E-state index is 0.490. The number of hydrogen-bond donors (Lipinski definition) is 0. The molecule has 0 radical (unpaired) electrons. The summed E-state index contributed by atoms with van der Waals surface area (Å²) in [7, 11) is 0. The number of rotatable bonds is 5. The Bertz CT molecular complexity index is 805. The van der Waals surface area contributed by atoms with E-state index in [1.807, 2.05) is 56.3 Å². The molecule has 0 amide bonds. The Labute approximate surface area is 135 Å². The fourth-order valence-electron chi connectivity index (χ4n) is 2.65. The minimum Gasteiger partial charge on any atom is -0.489 e. The third-order valence-corrected chi connectivity index (χ3v) is 3.82. The molecular weight excluding hydrogens is 288 g/mol. The van der Waals surface area contributed by atoms with Crippen LogP contribution in [0.25, 0.3) is 5.69 Å². The topological polar surface area (TPSA) is 44.1 Å². The van der Waals surface area contributed by atoms with Gasteiger partial charge in [-0.25, -0.2) is 0 Å². The van der Waals surface area contributed by atoms with E-state index in [1.165, 1.54) is 0 Å². The van der Waals surface area contributed by atoms with Gasteiger partial charge in [-0.05, 0) is 50.2 Å². The van der Waals surface area contributed by atoms with E-state index >= 15 is 0 Å². The number of aryl methyl sites for hydroxylation is 1. The number of benzene rings is 1. The van der Waals surface area contributed by atoms with Crippen molar-refractivity contribution in [1.82, 2.24) is 9.55 Å². The minimum absolute atomic E-state index is 0.490. The van der Waals surface area contributed by atoms with E-state index < -0.39 is 0 Å². The molecule has 4 nitrogen and oxygen atoms in total. The molecule has 2 heterocycles. The van der Waals surface area contributed by atoms with E-state index in [9.17, 15) is 4.79 Å². The Morgan fingerprint density at radius 3 is 2.57 bits per heavy atom. The van der Waals surface area contributed by atoms with Gasteiger partial charge in [-0.3, -0.25) is 9.78 Å². The molecular formula is C19H18N2O2. The van der Waals surface area contributed by atoms with Gasteiger partial charge in [0.25, 0.3) is 0 Å². The first-order chi connectivity index (χ1) is 11.2. The van der Waals surface area contributed by atoms with E-state index in [0.717, 1.165) is 40.2 Å². The van der Waals surface area contributed by atoms with Crippen LogP contribution in [0.15, 0.2) is 54.9 Å². The number of carbonyl (C=O) groups excluding carboxylic acids is 1. The van der Waals surface area contributed by atoms with Crippen molar-refractivity contribution >= 4 is 6.29 Å². The van der Waals surface area contributed by atoms with E-state index in [-0.39, 0.29) is 0 Å². The van der Waals surface area contributed by atoms with E-state index in [0.29, 0.717) is 6.61 Å². The highest BCUT2D eigenvalue weighted by molar-refractivity contribution is 5.77. The van der Waals surface area contributed by atoms with E-state index in [1.54, 1.807) is 12.4 Å². The molecule has 0 aliphatic heterocycles. The number of nitrogens with zero attached hydrogens (tertiary/aromatic N) is 2. The summed E-state index contributed by atoms with van der Waals surface area (Å²) in [4.78, 5) is 15.1. The second-order valence-electron chi connectivity index (χ2n) is 5.42. The lowest BCUT2D eigenvalue weighted by molar-refractivity contribution is 0.112. The second-order valence-corrected chi connectivity index (χ2v) is 5.42. The zero-order valence-corrected chi connectivity index (χ0v) is 13.2. The van der Waals surface area contributed by atoms with Crippen LogP contribution in [0.5, 0.6) is 5.75 Å². The van der Waals surface area contributed by atoms with Crippen molar-refractivity contribution in [3.05, 3.63) is 77.4 Å². The Balaban J connectivity index is 1.77. The summed E-state index contributed by atoms with van der Waals surface area (Å²) < 4.78 is 7.83. The number of aromatic nitrogens is 2. The maximum atomic E-state index is 11.1. The molecule has 0 aliphatic carbocycles. The summed E-state index contributed by atoms with van der Waals surface area (Å²) in [5, 5.41) is 0. The van der Waals surface area contributed by atoms with E-state index in [4.69, 9.17) is 4.74 Å². The van der Waals surface area contributed by atoms with Crippen LogP contribution >= 0.6 is 0 Å². The molecule has 0 N–H and O–H groups in total. The van der Waals surface area contributed by atoms with Crippen molar-refractivity contribution in [2.75, 3.05) is 0 Å². The second kappa shape index (κ2) is 6.48. The first-order valence-corrected chi connectivity index (χ1v) is 7.45. The van der Waals surface area contributed by atoms with Gasteiger partial charge in [-0.2, -0.15) is 0 Å². The molecule has 2 aromatic heterocycles. The Kier molecular flexibility index (Phi) is 4.24. The van der Waals surface area contributed by atoms with Gasteiger partial charge >= 0.3 is 0 Å². The van der Waals surface area contributed by atoms with E-state index in [2.05, 4.69) is 9.55 Å². The van der Waals surface area contributed by atoms with Gasteiger partial charge in [-0.15, -0.1) is 0 Å². The number of hydrogen-bond acceptors (Lipinski definition) is 3. The highest BCUT2D eigenvalue weighted by Crippen LogP contribution is 2.22. The quantitative estimate of drug-likeness (QED) is 0.672. The molecule has 3 rings (SSSR count). The van der Waals surface area contributed by atoms with Gasteiger partial charge in [0.1, 0.15) is 12.4 Å². The third-order valence-electron chi connectivity index (χ3n) is 3.82. The molecule has 0 aliphatic rings.